The third kappa shape index (κ3) is 5.29. The predicted molar refractivity (Wildman–Crippen MR) is 127 cm³/mol. The number of piperidine rings is 1. The molecule has 1 aliphatic heterocycles. The van der Waals surface area contributed by atoms with Crippen LogP contribution in [0.2, 0.25) is 0 Å². The van der Waals surface area contributed by atoms with E-state index in [1.807, 2.05) is 54.6 Å². The van der Waals surface area contributed by atoms with Crippen LogP contribution in [0.1, 0.15) is 12.8 Å². The number of hydrogen-bond donors (Lipinski definition) is 1. The van der Waals surface area contributed by atoms with E-state index < -0.39 is 10.0 Å². The van der Waals surface area contributed by atoms with Gasteiger partial charge in [0, 0.05) is 19.0 Å². The Morgan fingerprint density at radius 1 is 0.970 bits per heavy atom. The van der Waals surface area contributed by atoms with Gasteiger partial charge in [-0.15, -0.1) is 0 Å². The summed E-state index contributed by atoms with van der Waals surface area (Å²) in [6.45, 7) is 1.34. The fourth-order valence-corrected chi connectivity index (χ4v) is 5.56. The summed E-state index contributed by atoms with van der Waals surface area (Å²) in [5.41, 5.74) is 0. The first-order chi connectivity index (χ1) is 16.0. The average Bonchev–Trinajstić information content (AvgIpc) is 2.86. The number of carbonyl (C=O) groups is 1. The van der Waals surface area contributed by atoms with Crippen LogP contribution in [0.15, 0.2) is 71.6 Å². The molecule has 1 aliphatic rings. The van der Waals surface area contributed by atoms with Gasteiger partial charge in [0.1, 0.15) is 6.61 Å². The van der Waals surface area contributed by atoms with Crippen molar-refractivity contribution in [3.05, 3.63) is 66.7 Å². The lowest BCUT2D eigenvalue weighted by atomic mass is 9.97. The van der Waals surface area contributed by atoms with Gasteiger partial charge in [-0.05, 0) is 47.9 Å². The van der Waals surface area contributed by atoms with Crippen molar-refractivity contribution in [2.75, 3.05) is 33.4 Å². The fraction of sp³-hybridized carbons (Fsp3) is 0.320. The number of ether oxygens (including phenoxy) is 2. The van der Waals surface area contributed by atoms with Gasteiger partial charge in [-0.25, -0.2) is 8.42 Å². The van der Waals surface area contributed by atoms with Crippen molar-refractivity contribution >= 4 is 26.7 Å². The van der Waals surface area contributed by atoms with E-state index >= 15 is 0 Å². The molecule has 1 fully saturated rings. The minimum atomic E-state index is -3.59. The Hall–Kier alpha value is -3.10. The standard InChI is InChI=1S/C25H28N2O5S/c1-31-23-8-4-5-9-24(23)32-17-14-26-25(28)20-12-15-27(16-13-20)33(29,30)22-11-10-19-6-2-3-7-21(19)18-22/h2-11,18,20H,12-17H2,1H3,(H,26,28). The summed E-state index contributed by atoms with van der Waals surface area (Å²) in [5, 5.41) is 4.79. The van der Waals surface area contributed by atoms with Crippen LogP contribution in [0.5, 0.6) is 11.5 Å². The van der Waals surface area contributed by atoms with Crippen LogP contribution in [0.25, 0.3) is 10.8 Å². The van der Waals surface area contributed by atoms with Crippen LogP contribution < -0.4 is 14.8 Å². The molecule has 174 valence electrons. The van der Waals surface area contributed by atoms with E-state index in [4.69, 9.17) is 9.47 Å². The predicted octanol–water partition coefficient (Wildman–Crippen LogP) is 3.44. The maximum Gasteiger partial charge on any atom is 0.243 e. The number of methoxy groups -OCH3 is 1. The molecule has 0 bridgehead atoms. The third-order valence-corrected chi connectivity index (χ3v) is 7.81. The number of nitrogens with zero attached hydrogens (tertiary/aromatic N) is 1. The zero-order valence-electron chi connectivity index (χ0n) is 18.6. The van der Waals surface area contributed by atoms with Gasteiger partial charge in [0.2, 0.25) is 15.9 Å². The summed E-state index contributed by atoms with van der Waals surface area (Å²) >= 11 is 0. The van der Waals surface area contributed by atoms with Gasteiger partial charge in [-0.1, -0.05) is 42.5 Å². The number of amides is 1. The van der Waals surface area contributed by atoms with Crippen molar-refractivity contribution in [3.8, 4) is 11.5 Å². The van der Waals surface area contributed by atoms with Crippen molar-refractivity contribution in [2.45, 2.75) is 17.7 Å². The second-order valence-corrected chi connectivity index (χ2v) is 9.92. The first kappa shape index (κ1) is 23.1. The van der Waals surface area contributed by atoms with Gasteiger partial charge in [0.15, 0.2) is 11.5 Å². The normalized spacial score (nSPS) is 15.3. The van der Waals surface area contributed by atoms with Crippen molar-refractivity contribution in [2.24, 2.45) is 5.92 Å². The quantitative estimate of drug-likeness (QED) is 0.512. The highest BCUT2D eigenvalue weighted by Crippen LogP contribution is 2.27. The number of rotatable bonds is 8. The zero-order chi connectivity index (χ0) is 23.3. The molecule has 0 atom stereocenters. The van der Waals surface area contributed by atoms with Crippen molar-refractivity contribution in [1.29, 1.82) is 0 Å². The molecule has 0 aromatic heterocycles. The number of para-hydroxylation sites is 2. The molecule has 1 amide bonds. The van der Waals surface area contributed by atoms with Crippen molar-refractivity contribution in [3.63, 3.8) is 0 Å². The minimum Gasteiger partial charge on any atom is -0.493 e. The maximum absolute atomic E-state index is 13.1. The van der Waals surface area contributed by atoms with Gasteiger partial charge in [0.05, 0.1) is 18.6 Å². The Bertz CT molecular complexity index is 1220. The number of nitrogens with one attached hydrogen (secondary N) is 1. The lowest BCUT2D eigenvalue weighted by Gasteiger charge is -2.30. The first-order valence-corrected chi connectivity index (χ1v) is 12.5. The lowest BCUT2D eigenvalue weighted by Crippen LogP contribution is -2.43. The van der Waals surface area contributed by atoms with Gasteiger partial charge in [-0.2, -0.15) is 4.31 Å². The molecular weight excluding hydrogens is 440 g/mol. The van der Waals surface area contributed by atoms with E-state index in [1.165, 1.54) is 4.31 Å². The van der Waals surface area contributed by atoms with E-state index in [1.54, 1.807) is 19.2 Å². The van der Waals surface area contributed by atoms with E-state index in [2.05, 4.69) is 5.32 Å². The molecule has 0 radical (unpaired) electrons. The number of sulfonamides is 1. The zero-order valence-corrected chi connectivity index (χ0v) is 19.4. The Balaban J connectivity index is 1.27. The summed E-state index contributed by atoms with van der Waals surface area (Å²) in [6, 6.07) is 20.2. The molecule has 1 N–H and O–H groups in total. The van der Waals surface area contributed by atoms with Gasteiger partial charge < -0.3 is 14.8 Å². The Morgan fingerprint density at radius 2 is 1.64 bits per heavy atom. The highest BCUT2D eigenvalue weighted by atomic mass is 32.2. The van der Waals surface area contributed by atoms with Gasteiger partial charge in [-0.3, -0.25) is 4.79 Å². The molecule has 4 rings (SSSR count). The van der Waals surface area contributed by atoms with Gasteiger partial charge >= 0.3 is 0 Å². The Morgan fingerprint density at radius 3 is 2.36 bits per heavy atom. The molecule has 33 heavy (non-hydrogen) atoms. The summed E-state index contributed by atoms with van der Waals surface area (Å²) in [6.07, 6.45) is 0.984. The number of carbonyl (C=O) groups excluding carboxylic acids is 1. The highest BCUT2D eigenvalue weighted by molar-refractivity contribution is 7.89. The second kappa shape index (κ2) is 10.2. The lowest BCUT2D eigenvalue weighted by molar-refractivity contribution is -0.126. The molecule has 1 saturated heterocycles. The van der Waals surface area contributed by atoms with E-state index in [0.717, 1.165) is 10.8 Å². The molecule has 8 heteroatoms. The molecule has 0 aliphatic carbocycles. The molecule has 3 aromatic rings. The smallest absolute Gasteiger partial charge is 0.243 e. The van der Waals surface area contributed by atoms with Gasteiger partial charge in [0.25, 0.3) is 0 Å². The summed E-state index contributed by atoms with van der Waals surface area (Å²) in [7, 11) is -2.01. The molecule has 1 heterocycles. The van der Waals surface area contributed by atoms with E-state index in [0.29, 0.717) is 50.6 Å². The van der Waals surface area contributed by atoms with Crippen LogP contribution in [-0.2, 0) is 14.8 Å². The SMILES string of the molecule is COc1ccccc1OCCNC(=O)C1CCN(S(=O)(=O)c2ccc3ccccc3c2)CC1. The van der Waals surface area contributed by atoms with Crippen LogP contribution in [0, 0.1) is 5.92 Å². The Labute approximate surface area is 194 Å². The molecule has 7 nitrogen and oxygen atoms in total. The van der Waals surface area contributed by atoms with Crippen LogP contribution in [0.3, 0.4) is 0 Å². The molecule has 0 saturated carbocycles. The first-order valence-electron chi connectivity index (χ1n) is 11.0. The summed E-state index contributed by atoms with van der Waals surface area (Å²) in [4.78, 5) is 12.8. The Kier molecular flexibility index (Phi) is 7.15. The number of benzene rings is 3. The monoisotopic (exact) mass is 468 g/mol. The maximum atomic E-state index is 13.1. The van der Waals surface area contributed by atoms with E-state index in [-0.39, 0.29) is 16.7 Å². The molecule has 0 unspecified atom stereocenters. The molecular formula is C25H28N2O5S. The minimum absolute atomic E-state index is 0.0682. The van der Waals surface area contributed by atoms with Crippen LogP contribution in [-0.4, -0.2) is 52.0 Å². The topological polar surface area (TPSA) is 84.9 Å². The highest BCUT2D eigenvalue weighted by Gasteiger charge is 2.32. The van der Waals surface area contributed by atoms with Crippen molar-refractivity contribution in [1.82, 2.24) is 9.62 Å². The van der Waals surface area contributed by atoms with E-state index in [9.17, 15) is 13.2 Å². The second-order valence-electron chi connectivity index (χ2n) is 7.98. The third-order valence-electron chi connectivity index (χ3n) is 5.91. The summed E-state index contributed by atoms with van der Waals surface area (Å²) < 4.78 is 38.6. The fourth-order valence-electron chi connectivity index (χ4n) is 4.05. The number of fused-ring (bicyclic) bond motifs is 1. The number of hydrogen-bond acceptors (Lipinski definition) is 5. The molecule has 0 spiro atoms. The largest absolute Gasteiger partial charge is 0.493 e. The molecule has 3 aromatic carbocycles. The van der Waals surface area contributed by atoms with Crippen LogP contribution in [0.4, 0.5) is 0 Å². The van der Waals surface area contributed by atoms with Crippen LogP contribution >= 0.6 is 0 Å². The van der Waals surface area contributed by atoms with Crippen molar-refractivity contribution < 1.29 is 22.7 Å². The summed E-state index contributed by atoms with van der Waals surface area (Å²) in [5.74, 6) is 0.992. The average molecular weight is 469 g/mol.